The van der Waals surface area contributed by atoms with E-state index in [1.54, 1.807) is 24.3 Å². The van der Waals surface area contributed by atoms with Crippen molar-refractivity contribution in [1.82, 2.24) is 9.97 Å². The van der Waals surface area contributed by atoms with Crippen molar-refractivity contribution in [2.24, 2.45) is 5.92 Å². The van der Waals surface area contributed by atoms with Crippen LogP contribution in [0.5, 0.6) is 11.6 Å². The molecule has 0 fully saturated rings. The van der Waals surface area contributed by atoms with E-state index in [0.29, 0.717) is 29.1 Å². The number of rotatable bonds is 8. The zero-order valence-corrected chi connectivity index (χ0v) is 18.8. The van der Waals surface area contributed by atoms with Gasteiger partial charge in [0.2, 0.25) is 17.7 Å². The molecule has 0 aliphatic heterocycles. The Labute approximate surface area is 188 Å². The summed E-state index contributed by atoms with van der Waals surface area (Å²) in [5, 5.41) is 5.52. The molecule has 1 aromatic heterocycles. The summed E-state index contributed by atoms with van der Waals surface area (Å²) in [5.74, 6) is 1.23. The number of nitrogens with one attached hydrogen (secondary N) is 2. The van der Waals surface area contributed by atoms with Gasteiger partial charge in [-0.05, 0) is 54.7 Å². The van der Waals surface area contributed by atoms with Gasteiger partial charge in [-0.25, -0.2) is 9.97 Å². The van der Waals surface area contributed by atoms with Crippen LogP contribution >= 0.6 is 0 Å². The molecule has 0 saturated carbocycles. The first-order valence-electron chi connectivity index (χ1n) is 10.6. The first-order valence-corrected chi connectivity index (χ1v) is 10.6. The fraction of sp³-hybridized carbons (Fsp3) is 0.280. The van der Waals surface area contributed by atoms with Crippen molar-refractivity contribution >= 4 is 23.3 Å². The van der Waals surface area contributed by atoms with E-state index in [9.17, 15) is 9.59 Å². The molecule has 0 aliphatic rings. The molecule has 166 valence electrons. The minimum absolute atomic E-state index is 0.0778. The van der Waals surface area contributed by atoms with Gasteiger partial charge in [-0.15, -0.1) is 0 Å². The van der Waals surface area contributed by atoms with Crippen molar-refractivity contribution in [3.05, 3.63) is 72.1 Å². The number of carbonyl (C=O) groups is 2. The molecule has 1 heterocycles. The molecule has 7 heteroatoms. The maximum Gasteiger partial charge on any atom is 0.231 e. The van der Waals surface area contributed by atoms with Crippen LogP contribution in [0.1, 0.15) is 44.7 Å². The Balaban J connectivity index is 1.59. The molecule has 2 amide bonds. The molecule has 0 aliphatic carbocycles. The van der Waals surface area contributed by atoms with Crippen LogP contribution in [0, 0.1) is 5.92 Å². The maximum absolute atomic E-state index is 12.7. The standard InChI is InChI=1S/C25H28N4O3/c1-16(2)13-19-5-7-20(8-6-19)17(3)25(31)29-21-9-11-22(12-10-21)32-24-14-23(26-15-27-24)28-18(4)30/h5-12,14-17H,13H2,1-4H3,(H,29,31)(H,26,27,28,30)/t17-/m1/s1. The summed E-state index contributed by atoms with van der Waals surface area (Å²) < 4.78 is 5.70. The van der Waals surface area contributed by atoms with E-state index in [0.717, 1.165) is 12.0 Å². The molecule has 3 rings (SSSR count). The van der Waals surface area contributed by atoms with Crippen LogP contribution < -0.4 is 15.4 Å². The molecule has 0 bridgehead atoms. The maximum atomic E-state index is 12.7. The van der Waals surface area contributed by atoms with Crippen LogP contribution in [0.3, 0.4) is 0 Å². The zero-order chi connectivity index (χ0) is 23.1. The molecule has 0 unspecified atom stereocenters. The van der Waals surface area contributed by atoms with Gasteiger partial charge in [0.1, 0.15) is 17.9 Å². The van der Waals surface area contributed by atoms with Crippen LogP contribution in [-0.4, -0.2) is 21.8 Å². The number of ether oxygens (including phenoxy) is 1. The minimum atomic E-state index is -0.271. The highest BCUT2D eigenvalue weighted by atomic mass is 16.5. The largest absolute Gasteiger partial charge is 0.439 e. The average Bonchev–Trinajstić information content (AvgIpc) is 2.74. The average molecular weight is 433 g/mol. The van der Waals surface area contributed by atoms with Crippen LogP contribution in [0.2, 0.25) is 0 Å². The van der Waals surface area contributed by atoms with Gasteiger partial charge in [0.05, 0.1) is 5.92 Å². The van der Waals surface area contributed by atoms with Crippen LogP contribution in [0.25, 0.3) is 0 Å². The Bertz CT molecular complexity index is 1060. The fourth-order valence-electron chi connectivity index (χ4n) is 3.19. The van der Waals surface area contributed by atoms with Crippen molar-refractivity contribution in [2.75, 3.05) is 10.6 Å². The van der Waals surface area contributed by atoms with E-state index in [4.69, 9.17) is 4.74 Å². The predicted octanol–water partition coefficient (Wildman–Crippen LogP) is 5.17. The van der Waals surface area contributed by atoms with Crippen molar-refractivity contribution < 1.29 is 14.3 Å². The number of carbonyl (C=O) groups excluding carboxylic acids is 2. The van der Waals surface area contributed by atoms with E-state index >= 15 is 0 Å². The summed E-state index contributed by atoms with van der Waals surface area (Å²) in [5.41, 5.74) is 2.93. The number of anilines is 2. The molecule has 32 heavy (non-hydrogen) atoms. The zero-order valence-electron chi connectivity index (χ0n) is 18.8. The summed E-state index contributed by atoms with van der Waals surface area (Å²) >= 11 is 0. The smallest absolute Gasteiger partial charge is 0.231 e. The normalized spacial score (nSPS) is 11.7. The first kappa shape index (κ1) is 22.9. The Morgan fingerprint density at radius 1 is 0.938 bits per heavy atom. The second-order valence-corrected chi connectivity index (χ2v) is 8.10. The Morgan fingerprint density at radius 2 is 1.62 bits per heavy atom. The lowest BCUT2D eigenvalue weighted by Gasteiger charge is -2.14. The molecule has 0 radical (unpaired) electrons. The highest BCUT2D eigenvalue weighted by molar-refractivity contribution is 5.95. The summed E-state index contributed by atoms with van der Waals surface area (Å²) in [6.45, 7) is 7.68. The van der Waals surface area contributed by atoms with Crippen LogP contribution in [0.4, 0.5) is 11.5 Å². The summed E-state index contributed by atoms with van der Waals surface area (Å²) in [6, 6.07) is 16.8. The molecular weight excluding hydrogens is 404 g/mol. The molecule has 1 atom stereocenters. The summed E-state index contributed by atoms with van der Waals surface area (Å²) in [6.07, 6.45) is 2.34. The van der Waals surface area contributed by atoms with Gasteiger partial charge in [0, 0.05) is 18.7 Å². The summed E-state index contributed by atoms with van der Waals surface area (Å²) in [7, 11) is 0. The first-order chi connectivity index (χ1) is 15.3. The van der Waals surface area contributed by atoms with E-state index in [2.05, 4.69) is 46.6 Å². The fourth-order valence-corrected chi connectivity index (χ4v) is 3.19. The van der Waals surface area contributed by atoms with Gasteiger partial charge in [-0.1, -0.05) is 38.1 Å². The highest BCUT2D eigenvalue weighted by Gasteiger charge is 2.15. The minimum Gasteiger partial charge on any atom is -0.439 e. The number of hydrogen-bond donors (Lipinski definition) is 2. The molecular formula is C25H28N4O3. The van der Waals surface area contributed by atoms with Gasteiger partial charge in [-0.2, -0.15) is 0 Å². The molecule has 0 spiro atoms. The van der Waals surface area contributed by atoms with E-state index in [-0.39, 0.29) is 17.7 Å². The third-order valence-electron chi connectivity index (χ3n) is 4.81. The number of hydrogen-bond acceptors (Lipinski definition) is 5. The van der Waals surface area contributed by atoms with Crippen molar-refractivity contribution in [3.8, 4) is 11.6 Å². The second kappa shape index (κ2) is 10.5. The summed E-state index contributed by atoms with van der Waals surface area (Å²) in [4.78, 5) is 31.8. The lowest BCUT2D eigenvalue weighted by Crippen LogP contribution is -2.18. The van der Waals surface area contributed by atoms with Gasteiger partial charge < -0.3 is 15.4 Å². The van der Waals surface area contributed by atoms with Gasteiger partial charge in [0.15, 0.2) is 0 Å². The van der Waals surface area contributed by atoms with Crippen molar-refractivity contribution in [3.63, 3.8) is 0 Å². The Kier molecular flexibility index (Phi) is 7.54. The number of aromatic nitrogens is 2. The Hall–Kier alpha value is -3.74. The molecule has 3 aromatic rings. The van der Waals surface area contributed by atoms with Crippen LogP contribution in [-0.2, 0) is 16.0 Å². The monoisotopic (exact) mass is 432 g/mol. The van der Waals surface area contributed by atoms with E-state index in [1.807, 2.05) is 19.1 Å². The van der Waals surface area contributed by atoms with E-state index in [1.165, 1.54) is 24.9 Å². The lowest BCUT2D eigenvalue weighted by atomic mass is 9.96. The third-order valence-corrected chi connectivity index (χ3v) is 4.81. The van der Waals surface area contributed by atoms with Crippen molar-refractivity contribution in [2.45, 2.75) is 40.0 Å². The SMILES string of the molecule is CC(=O)Nc1cc(Oc2ccc(NC(=O)[C@H](C)c3ccc(CC(C)C)cc3)cc2)ncn1. The number of nitrogens with zero attached hydrogens (tertiary/aromatic N) is 2. The predicted molar refractivity (Wildman–Crippen MR) is 125 cm³/mol. The second-order valence-electron chi connectivity index (χ2n) is 8.10. The van der Waals surface area contributed by atoms with Gasteiger partial charge in [-0.3, -0.25) is 9.59 Å². The van der Waals surface area contributed by atoms with Crippen LogP contribution in [0.15, 0.2) is 60.9 Å². The third kappa shape index (κ3) is 6.63. The molecule has 2 N–H and O–H groups in total. The molecule has 7 nitrogen and oxygen atoms in total. The van der Waals surface area contributed by atoms with Gasteiger partial charge in [0.25, 0.3) is 0 Å². The molecule has 0 saturated heterocycles. The Morgan fingerprint density at radius 3 is 2.25 bits per heavy atom. The number of amides is 2. The van der Waals surface area contributed by atoms with Gasteiger partial charge >= 0.3 is 0 Å². The van der Waals surface area contributed by atoms with E-state index < -0.39 is 0 Å². The van der Waals surface area contributed by atoms with Crippen molar-refractivity contribution in [1.29, 1.82) is 0 Å². The molecule has 2 aromatic carbocycles. The quantitative estimate of drug-likeness (QED) is 0.512. The highest BCUT2D eigenvalue weighted by Crippen LogP contribution is 2.24. The number of benzene rings is 2. The topological polar surface area (TPSA) is 93.2 Å². The lowest BCUT2D eigenvalue weighted by molar-refractivity contribution is -0.117.